The first-order valence-corrected chi connectivity index (χ1v) is 6.40. The fourth-order valence-electron chi connectivity index (χ4n) is 2.52. The quantitative estimate of drug-likeness (QED) is 0.842. The van der Waals surface area contributed by atoms with Crippen LogP contribution in [0.3, 0.4) is 0 Å². The molecule has 6 heteroatoms. The molecule has 0 aliphatic heterocycles. The molecular formula is C13H16FN5. The Kier molecular flexibility index (Phi) is 2.73. The van der Waals surface area contributed by atoms with Gasteiger partial charge in [0.2, 0.25) is 0 Å². The average molecular weight is 261 g/mol. The molecule has 0 radical (unpaired) electrons. The highest BCUT2D eigenvalue weighted by atomic mass is 19.1. The van der Waals surface area contributed by atoms with Crippen molar-refractivity contribution in [3.05, 3.63) is 23.5 Å². The van der Waals surface area contributed by atoms with E-state index in [4.69, 9.17) is 5.73 Å². The van der Waals surface area contributed by atoms with Gasteiger partial charge in [-0.3, -0.25) is 0 Å². The molecule has 1 aliphatic carbocycles. The molecule has 19 heavy (non-hydrogen) atoms. The zero-order chi connectivity index (χ0) is 13.6. The maximum absolute atomic E-state index is 13.8. The van der Waals surface area contributed by atoms with Crippen molar-refractivity contribution in [1.82, 2.24) is 20.2 Å². The normalized spacial score (nSPS) is 22.3. The van der Waals surface area contributed by atoms with E-state index in [-0.39, 0.29) is 5.82 Å². The van der Waals surface area contributed by atoms with Gasteiger partial charge < -0.3 is 5.73 Å². The Hall–Kier alpha value is -1.98. The lowest BCUT2D eigenvalue weighted by Gasteiger charge is -2.32. The molecule has 1 saturated carbocycles. The number of nitrogens with zero attached hydrogens (tertiary/aromatic N) is 4. The first kappa shape index (κ1) is 12.1. The number of hydrogen-bond donors (Lipinski definition) is 1. The molecule has 1 heterocycles. The molecular weight excluding hydrogens is 245 g/mol. The zero-order valence-electron chi connectivity index (χ0n) is 11.0. The van der Waals surface area contributed by atoms with Crippen LogP contribution in [0.4, 0.5) is 10.1 Å². The van der Waals surface area contributed by atoms with Crippen LogP contribution in [0.5, 0.6) is 0 Å². The highest BCUT2D eigenvalue weighted by Crippen LogP contribution is 2.38. The third-order valence-corrected chi connectivity index (χ3v) is 3.83. The zero-order valence-corrected chi connectivity index (χ0v) is 11.0. The van der Waals surface area contributed by atoms with E-state index >= 15 is 0 Å². The molecule has 1 fully saturated rings. The molecule has 0 saturated heterocycles. The van der Waals surface area contributed by atoms with Crippen LogP contribution in [0.15, 0.2) is 12.1 Å². The van der Waals surface area contributed by atoms with Crippen molar-refractivity contribution in [2.45, 2.75) is 32.7 Å². The van der Waals surface area contributed by atoms with E-state index in [1.807, 2.05) is 0 Å². The van der Waals surface area contributed by atoms with E-state index in [2.05, 4.69) is 22.4 Å². The predicted octanol–water partition coefficient (Wildman–Crippen LogP) is 2.34. The van der Waals surface area contributed by atoms with Crippen molar-refractivity contribution < 1.29 is 4.39 Å². The van der Waals surface area contributed by atoms with Gasteiger partial charge in [0.05, 0.1) is 6.04 Å². The van der Waals surface area contributed by atoms with Crippen molar-refractivity contribution >= 4 is 5.69 Å². The van der Waals surface area contributed by atoms with Crippen LogP contribution in [-0.4, -0.2) is 20.2 Å². The van der Waals surface area contributed by atoms with E-state index in [1.165, 1.54) is 6.07 Å². The number of benzene rings is 1. The first-order chi connectivity index (χ1) is 9.06. The molecule has 0 bridgehead atoms. The SMILES string of the molecule is Cc1c(N)cc(-c2nnnn2C2CC(C)C2)cc1F. The lowest BCUT2D eigenvalue weighted by molar-refractivity contribution is 0.199. The Morgan fingerprint density at radius 2 is 2.11 bits per heavy atom. The van der Waals surface area contributed by atoms with Gasteiger partial charge in [-0.2, -0.15) is 0 Å². The van der Waals surface area contributed by atoms with Gasteiger partial charge in [-0.05, 0) is 48.2 Å². The van der Waals surface area contributed by atoms with E-state index < -0.39 is 0 Å². The van der Waals surface area contributed by atoms with Gasteiger partial charge >= 0.3 is 0 Å². The Labute approximate surface area is 110 Å². The Morgan fingerprint density at radius 3 is 2.74 bits per heavy atom. The number of nitrogen functional groups attached to an aromatic ring is 1. The maximum Gasteiger partial charge on any atom is 0.182 e. The fraction of sp³-hybridized carbons (Fsp3) is 0.462. The summed E-state index contributed by atoms with van der Waals surface area (Å²) in [5.74, 6) is 0.955. The minimum absolute atomic E-state index is 0.311. The second-order valence-electron chi connectivity index (χ2n) is 5.35. The van der Waals surface area contributed by atoms with Crippen LogP contribution in [-0.2, 0) is 0 Å². The molecule has 0 unspecified atom stereocenters. The third kappa shape index (κ3) is 1.97. The number of hydrogen-bond acceptors (Lipinski definition) is 4. The monoisotopic (exact) mass is 261 g/mol. The van der Waals surface area contributed by atoms with Crippen LogP contribution in [0.25, 0.3) is 11.4 Å². The summed E-state index contributed by atoms with van der Waals surface area (Å²) in [4.78, 5) is 0. The smallest absolute Gasteiger partial charge is 0.182 e. The van der Waals surface area contributed by atoms with Gasteiger partial charge in [-0.15, -0.1) is 5.10 Å². The third-order valence-electron chi connectivity index (χ3n) is 3.83. The van der Waals surface area contributed by atoms with Gasteiger partial charge in [-0.25, -0.2) is 9.07 Å². The van der Waals surface area contributed by atoms with Crippen LogP contribution in [0.1, 0.15) is 31.4 Å². The molecule has 1 aromatic carbocycles. The summed E-state index contributed by atoms with van der Waals surface area (Å²) in [7, 11) is 0. The second-order valence-corrected chi connectivity index (χ2v) is 5.35. The summed E-state index contributed by atoms with van der Waals surface area (Å²) in [6, 6.07) is 3.48. The molecule has 5 nitrogen and oxygen atoms in total. The van der Waals surface area contributed by atoms with Gasteiger partial charge in [0.15, 0.2) is 5.82 Å². The summed E-state index contributed by atoms with van der Waals surface area (Å²) in [5.41, 5.74) is 7.32. The number of rotatable bonds is 2. The topological polar surface area (TPSA) is 69.6 Å². The van der Waals surface area contributed by atoms with Crippen LogP contribution in [0.2, 0.25) is 0 Å². The van der Waals surface area contributed by atoms with Crippen molar-refractivity contribution in [3.63, 3.8) is 0 Å². The van der Waals surface area contributed by atoms with E-state index in [9.17, 15) is 4.39 Å². The summed E-state index contributed by atoms with van der Waals surface area (Å²) in [6.45, 7) is 3.86. The maximum atomic E-state index is 13.8. The van der Waals surface area contributed by atoms with E-state index in [0.29, 0.717) is 34.6 Å². The van der Waals surface area contributed by atoms with Crippen LogP contribution in [0, 0.1) is 18.7 Å². The van der Waals surface area contributed by atoms with E-state index in [1.54, 1.807) is 17.7 Å². The number of anilines is 1. The molecule has 1 aromatic heterocycles. The highest BCUT2D eigenvalue weighted by molar-refractivity contribution is 5.64. The summed E-state index contributed by atoms with van der Waals surface area (Å²) in [6.07, 6.45) is 2.11. The highest BCUT2D eigenvalue weighted by Gasteiger charge is 2.30. The largest absolute Gasteiger partial charge is 0.398 e. The number of aromatic nitrogens is 4. The van der Waals surface area contributed by atoms with Crippen molar-refractivity contribution in [3.8, 4) is 11.4 Å². The number of tetrazole rings is 1. The molecule has 0 atom stereocenters. The van der Waals surface area contributed by atoms with Gasteiger partial charge in [0, 0.05) is 16.8 Å². The van der Waals surface area contributed by atoms with E-state index in [0.717, 1.165) is 12.8 Å². The van der Waals surface area contributed by atoms with Crippen molar-refractivity contribution in [2.24, 2.45) is 5.92 Å². The predicted molar refractivity (Wildman–Crippen MR) is 69.8 cm³/mol. The molecule has 2 aromatic rings. The van der Waals surface area contributed by atoms with Gasteiger partial charge in [0.1, 0.15) is 5.82 Å². The van der Waals surface area contributed by atoms with Crippen LogP contribution < -0.4 is 5.73 Å². The van der Waals surface area contributed by atoms with Crippen molar-refractivity contribution in [2.75, 3.05) is 5.73 Å². The molecule has 3 rings (SSSR count). The molecule has 100 valence electrons. The lowest BCUT2D eigenvalue weighted by Crippen LogP contribution is -2.26. The average Bonchev–Trinajstić information content (AvgIpc) is 2.80. The fourth-order valence-corrected chi connectivity index (χ4v) is 2.52. The summed E-state index contributed by atoms with van der Waals surface area (Å²) < 4.78 is 15.5. The Morgan fingerprint density at radius 1 is 1.37 bits per heavy atom. The molecule has 0 amide bonds. The van der Waals surface area contributed by atoms with Crippen molar-refractivity contribution in [1.29, 1.82) is 0 Å². The Bertz CT molecular complexity index is 592. The van der Waals surface area contributed by atoms with Crippen LogP contribution >= 0.6 is 0 Å². The lowest BCUT2D eigenvalue weighted by atomic mass is 9.82. The molecule has 0 spiro atoms. The summed E-state index contributed by atoms with van der Waals surface area (Å²) in [5, 5.41) is 11.7. The minimum Gasteiger partial charge on any atom is -0.398 e. The molecule has 1 aliphatic rings. The minimum atomic E-state index is -0.327. The first-order valence-electron chi connectivity index (χ1n) is 6.40. The summed E-state index contributed by atoms with van der Waals surface area (Å²) >= 11 is 0. The number of halogens is 1. The second kappa shape index (κ2) is 4.29. The molecule has 2 N–H and O–H groups in total. The standard InChI is InChI=1S/C13H16FN5/c1-7-3-10(4-7)19-13(16-17-18-19)9-5-11(14)8(2)12(15)6-9/h5-7,10H,3-4,15H2,1-2H3. The van der Waals surface area contributed by atoms with Gasteiger partial charge in [0.25, 0.3) is 0 Å². The number of nitrogens with two attached hydrogens (primary N) is 1. The van der Waals surface area contributed by atoms with Gasteiger partial charge in [-0.1, -0.05) is 6.92 Å². The Balaban J connectivity index is 2.01.